The number of aromatic nitrogens is 3. The van der Waals surface area contributed by atoms with Crippen LogP contribution in [0.25, 0.3) is 32.9 Å². The third-order valence-corrected chi connectivity index (χ3v) is 5.00. The molecule has 26 heavy (non-hydrogen) atoms. The summed E-state index contributed by atoms with van der Waals surface area (Å²) in [6, 6.07) is 5.89. The van der Waals surface area contributed by atoms with E-state index in [4.69, 9.17) is 11.6 Å². The molecule has 0 amide bonds. The summed E-state index contributed by atoms with van der Waals surface area (Å²) in [6.45, 7) is 5.94. The largest absolute Gasteiger partial charge is 0.277 e. The van der Waals surface area contributed by atoms with Crippen LogP contribution in [0.4, 0.5) is 8.78 Å². The van der Waals surface area contributed by atoms with Gasteiger partial charge in [-0.2, -0.15) is 5.10 Å². The van der Waals surface area contributed by atoms with Crippen molar-refractivity contribution in [3.05, 3.63) is 58.4 Å². The van der Waals surface area contributed by atoms with Gasteiger partial charge in [0.25, 0.3) is 0 Å². The summed E-state index contributed by atoms with van der Waals surface area (Å²) < 4.78 is 27.4. The smallest absolute Gasteiger partial charge is 0.159 e. The number of pyridine rings is 1. The van der Waals surface area contributed by atoms with Crippen LogP contribution in [0.2, 0.25) is 5.15 Å². The molecule has 2 aromatic carbocycles. The van der Waals surface area contributed by atoms with Crippen molar-refractivity contribution in [1.82, 2.24) is 15.2 Å². The van der Waals surface area contributed by atoms with Gasteiger partial charge in [-0.15, -0.1) is 0 Å². The van der Waals surface area contributed by atoms with E-state index in [2.05, 4.69) is 15.2 Å². The zero-order valence-electron chi connectivity index (χ0n) is 14.5. The minimum Gasteiger partial charge on any atom is -0.277 e. The summed E-state index contributed by atoms with van der Waals surface area (Å²) in [4.78, 5) is 4.60. The second-order valence-corrected chi connectivity index (χ2v) is 7.06. The first-order chi connectivity index (χ1) is 12.4. The number of aromatic amines is 1. The third kappa shape index (κ3) is 2.46. The molecule has 6 heteroatoms. The van der Waals surface area contributed by atoms with E-state index in [0.717, 1.165) is 44.6 Å². The molecule has 0 radical (unpaired) electrons. The normalized spacial score (nSPS) is 11.8. The average molecular weight is 372 g/mol. The zero-order chi connectivity index (χ0) is 18.6. The van der Waals surface area contributed by atoms with E-state index in [1.54, 1.807) is 12.3 Å². The average Bonchev–Trinajstić information content (AvgIpc) is 3.06. The van der Waals surface area contributed by atoms with Crippen LogP contribution >= 0.6 is 11.6 Å². The second kappa shape index (κ2) is 6.02. The minimum absolute atomic E-state index is 0.0582. The van der Waals surface area contributed by atoms with Gasteiger partial charge in [0.2, 0.25) is 0 Å². The van der Waals surface area contributed by atoms with E-state index >= 15 is 0 Å². The Morgan fingerprint density at radius 3 is 2.58 bits per heavy atom. The van der Waals surface area contributed by atoms with Gasteiger partial charge < -0.3 is 0 Å². The molecule has 0 saturated heterocycles. The van der Waals surface area contributed by atoms with Crippen LogP contribution in [0.5, 0.6) is 0 Å². The van der Waals surface area contributed by atoms with Crippen LogP contribution in [-0.4, -0.2) is 15.2 Å². The van der Waals surface area contributed by atoms with Crippen molar-refractivity contribution in [3.8, 4) is 11.1 Å². The first-order valence-corrected chi connectivity index (χ1v) is 8.67. The monoisotopic (exact) mass is 371 g/mol. The highest BCUT2D eigenvalue weighted by Crippen LogP contribution is 2.41. The first-order valence-electron chi connectivity index (χ1n) is 8.29. The van der Waals surface area contributed by atoms with Gasteiger partial charge in [0.05, 0.1) is 17.2 Å². The van der Waals surface area contributed by atoms with E-state index in [9.17, 15) is 8.78 Å². The van der Waals surface area contributed by atoms with Gasteiger partial charge in [-0.25, -0.2) is 13.8 Å². The highest BCUT2D eigenvalue weighted by Gasteiger charge is 2.21. The lowest BCUT2D eigenvalue weighted by Crippen LogP contribution is -2.00. The maximum absolute atomic E-state index is 13.9. The SMILES string of the molecule is Cc1c2nc(Cl)c(C(C)C)c(-c3ccc(F)c(F)c3)c2cc2cn[nH]c12. The molecule has 132 valence electrons. The van der Waals surface area contributed by atoms with E-state index < -0.39 is 11.6 Å². The standard InChI is InChI=1S/C20H16ClF2N3/c1-9(2)16-17(11-4-5-14(22)15(23)7-11)13-6-12-8-24-26-18(12)10(3)19(13)25-20(16)21/h4-9H,1-3H3,(H,24,26). The van der Waals surface area contributed by atoms with Crippen LogP contribution in [0, 0.1) is 18.6 Å². The van der Waals surface area contributed by atoms with Crippen molar-refractivity contribution in [2.75, 3.05) is 0 Å². The molecule has 4 aromatic rings. The summed E-state index contributed by atoms with van der Waals surface area (Å²) in [5.41, 5.74) is 4.68. The Labute approximate surface area is 154 Å². The Balaban J connectivity index is 2.21. The van der Waals surface area contributed by atoms with Gasteiger partial charge in [0.15, 0.2) is 11.6 Å². The molecule has 0 aliphatic carbocycles. The van der Waals surface area contributed by atoms with Crippen molar-refractivity contribution in [3.63, 3.8) is 0 Å². The highest BCUT2D eigenvalue weighted by molar-refractivity contribution is 6.31. The van der Waals surface area contributed by atoms with Gasteiger partial charge in [-0.1, -0.05) is 31.5 Å². The van der Waals surface area contributed by atoms with Crippen molar-refractivity contribution >= 4 is 33.4 Å². The van der Waals surface area contributed by atoms with Crippen LogP contribution in [0.1, 0.15) is 30.9 Å². The third-order valence-electron chi connectivity index (χ3n) is 4.71. The molecule has 0 unspecified atom stereocenters. The van der Waals surface area contributed by atoms with Crippen molar-refractivity contribution < 1.29 is 8.78 Å². The number of rotatable bonds is 2. The lowest BCUT2D eigenvalue weighted by Gasteiger charge is -2.19. The Bertz CT molecular complexity index is 1170. The number of H-pyrrole nitrogens is 1. The molecule has 0 saturated carbocycles. The molecular weight excluding hydrogens is 356 g/mol. The van der Waals surface area contributed by atoms with Gasteiger partial charge in [0, 0.05) is 21.9 Å². The molecule has 0 atom stereocenters. The molecular formula is C20H16ClF2N3. The predicted octanol–water partition coefficient (Wildman–Crippen LogP) is 6.14. The van der Waals surface area contributed by atoms with E-state index in [1.165, 1.54) is 6.07 Å². The fourth-order valence-electron chi connectivity index (χ4n) is 3.48. The number of hydrogen-bond donors (Lipinski definition) is 1. The fourth-order valence-corrected chi connectivity index (χ4v) is 3.88. The molecule has 0 aliphatic rings. The van der Waals surface area contributed by atoms with Crippen LogP contribution in [-0.2, 0) is 0 Å². The minimum atomic E-state index is -0.889. The molecule has 4 rings (SSSR count). The van der Waals surface area contributed by atoms with Gasteiger partial charge >= 0.3 is 0 Å². The fraction of sp³-hybridized carbons (Fsp3) is 0.200. The summed E-state index contributed by atoms with van der Waals surface area (Å²) >= 11 is 6.52. The highest BCUT2D eigenvalue weighted by atomic mass is 35.5. The molecule has 0 bridgehead atoms. The van der Waals surface area contributed by atoms with Crippen LogP contribution in [0.3, 0.4) is 0 Å². The topological polar surface area (TPSA) is 41.6 Å². The Morgan fingerprint density at radius 2 is 1.88 bits per heavy atom. The number of benzene rings is 2. The van der Waals surface area contributed by atoms with E-state index in [1.807, 2.05) is 26.8 Å². The van der Waals surface area contributed by atoms with Crippen molar-refractivity contribution in [2.45, 2.75) is 26.7 Å². The van der Waals surface area contributed by atoms with Gasteiger partial charge in [0.1, 0.15) is 5.15 Å². The number of hydrogen-bond acceptors (Lipinski definition) is 2. The quantitative estimate of drug-likeness (QED) is 0.430. The second-order valence-electron chi connectivity index (χ2n) is 6.71. The first kappa shape index (κ1) is 16.9. The summed E-state index contributed by atoms with van der Waals surface area (Å²) in [7, 11) is 0. The summed E-state index contributed by atoms with van der Waals surface area (Å²) in [6.07, 6.45) is 1.74. The van der Waals surface area contributed by atoms with Crippen molar-refractivity contribution in [2.24, 2.45) is 0 Å². The lowest BCUT2D eigenvalue weighted by molar-refractivity contribution is 0.509. The number of aryl methyl sites for hydroxylation is 1. The molecule has 3 nitrogen and oxygen atoms in total. The molecule has 2 heterocycles. The summed E-state index contributed by atoms with van der Waals surface area (Å²) in [5.74, 6) is -1.71. The molecule has 0 aliphatic heterocycles. The predicted molar refractivity (Wildman–Crippen MR) is 101 cm³/mol. The van der Waals surface area contributed by atoms with Gasteiger partial charge in [-0.05, 0) is 42.2 Å². The number of fused-ring (bicyclic) bond motifs is 2. The Morgan fingerprint density at radius 1 is 1.12 bits per heavy atom. The molecule has 0 spiro atoms. The van der Waals surface area contributed by atoms with E-state index in [0.29, 0.717) is 10.7 Å². The van der Waals surface area contributed by atoms with Crippen LogP contribution in [0.15, 0.2) is 30.5 Å². The maximum atomic E-state index is 13.9. The molecule has 1 N–H and O–H groups in total. The van der Waals surface area contributed by atoms with Crippen LogP contribution < -0.4 is 0 Å². The maximum Gasteiger partial charge on any atom is 0.159 e. The number of nitrogens with one attached hydrogen (secondary N) is 1. The molecule has 2 aromatic heterocycles. The number of nitrogens with zero attached hydrogens (tertiary/aromatic N) is 2. The van der Waals surface area contributed by atoms with Gasteiger partial charge in [-0.3, -0.25) is 5.10 Å². The Kier molecular flexibility index (Phi) is 3.92. The lowest BCUT2D eigenvalue weighted by atomic mass is 9.89. The number of halogens is 3. The Hall–Kier alpha value is -2.53. The zero-order valence-corrected chi connectivity index (χ0v) is 15.2. The van der Waals surface area contributed by atoms with E-state index in [-0.39, 0.29) is 5.92 Å². The molecule has 0 fully saturated rings. The van der Waals surface area contributed by atoms with Crippen molar-refractivity contribution in [1.29, 1.82) is 0 Å². The summed E-state index contributed by atoms with van der Waals surface area (Å²) in [5, 5.41) is 9.21.